The maximum atomic E-state index is 13.6. The molecule has 4 unspecified atom stereocenters. The molecule has 2 aromatic carbocycles. The molecule has 10 atom stereocenters. The van der Waals surface area contributed by atoms with E-state index in [-0.39, 0.29) is 30.8 Å². The smallest absolute Gasteiger partial charge is 0.338 e. The number of benzene rings is 2. The molecule has 2 saturated heterocycles. The van der Waals surface area contributed by atoms with Gasteiger partial charge in [-0.15, -0.1) is 0 Å². The lowest BCUT2D eigenvalue weighted by Gasteiger charge is -2.50. The van der Waals surface area contributed by atoms with Gasteiger partial charge in [0.25, 0.3) is 0 Å². The number of carbonyl (C=O) groups is 3. The molecule has 312 valence electrons. The number of carbonyl (C=O) groups excluding carboxylic acids is 3. The fourth-order valence-corrected chi connectivity index (χ4v) is 7.42. The number of nitrogens with one attached hydrogen (secondary N) is 1. The van der Waals surface area contributed by atoms with Crippen molar-refractivity contribution in [2.24, 2.45) is 5.11 Å². The minimum absolute atomic E-state index is 0.0566. The lowest BCUT2D eigenvalue weighted by Crippen LogP contribution is -2.67. The first-order valence-corrected chi connectivity index (χ1v) is 21.5. The highest BCUT2D eigenvalue weighted by Crippen LogP contribution is 2.42. The van der Waals surface area contributed by atoms with E-state index >= 15 is 0 Å². The summed E-state index contributed by atoms with van der Waals surface area (Å²) in [4.78, 5) is 41.5. The van der Waals surface area contributed by atoms with Gasteiger partial charge < -0.3 is 47.1 Å². The summed E-state index contributed by atoms with van der Waals surface area (Å²) in [5, 5.41) is 11.9. The van der Waals surface area contributed by atoms with Gasteiger partial charge in [-0.25, -0.2) is 4.79 Å². The Morgan fingerprint density at radius 3 is 1.88 bits per heavy atom. The first-order chi connectivity index (χ1) is 26.9. The fraction of sp³-hybridized carbons (Fsp3) is 0.590. The number of ether oxygens (including phenoxy) is 9. The first-order valence-electron chi connectivity index (χ1n) is 18.6. The first kappa shape index (κ1) is 45.3. The minimum atomic E-state index is -2.65. The predicted molar refractivity (Wildman–Crippen MR) is 206 cm³/mol. The van der Waals surface area contributed by atoms with E-state index in [0.29, 0.717) is 0 Å². The van der Waals surface area contributed by atoms with E-state index in [2.05, 4.69) is 30.8 Å². The molecule has 18 heteroatoms. The van der Waals surface area contributed by atoms with Gasteiger partial charge in [-0.1, -0.05) is 86.5 Å². The van der Waals surface area contributed by atoms with Crippen molar-refractivity contribution in [3.63, 3.8) is 0 Å². The van der Waals surface area contributed by atoms with Crippen molar-refractivity contribution in [3.05, 3.63) is 82.2 Å². The van der Waals surface area contributed by atoms with Crippen LogP contribution in [0, 0.1) is 5.41 Å². The lowest BCUT2D eigenvalue weighted by molar-refractivity contribution is -0.339. The molecule has 0 amide bonds. The van der Waals surface area contributed by atoms with Gasteiger partial charge in [0.1, 0.15) is 37.1 Å². The third-order valence-electron chi connectivity index (χ3n) is 9.87. The van der Waals surface area contributed by atoms with Gasteiger partial charge >= 0.3 is 17.9 Å². The summed E-state index contributed by atoms with van der Waals surface area (Å²) in [5.74, 6) is -2.56. The van der Waals surface area contributed by atoms with Crippen molar-refractivity contribution in [3.8, 4) is 0 Å². The van der Waals surface area contributed by atoms with Gasteiger partial charge in [0.2, 0.25) is 6.29 Å². The Bertz CT molecular complexity index is 1710. The molecule has 0 spiro atoms. The van der Waals surface area contributed by atoms with Crippen LogP contribution in [-0.4, -0.2) is 107 Å². The van der Waals surface area contributed by atoms with Gasteiger partial charge in [0.05, 0.1) is 26.4 Å². The third kappa shape index (κ3) is 12.3. The van der Waals surface area contributed by atoms with Crippen molar-refractivity contribution in [2.75, 3.05) is 13.7 Å². The predicted octanol–water partition coefficient (Wildman–Crippen LogP) is 5.74. The van der Waals surface area contributed by atoms with Crippen LogP contribution in [0.25, 0.3) is 10.4 Å². The van der Waals surface area contributed by atoms with Crippen molar-refractivity contribution in [1.29, 1.82) is 5.41 Å². The van der Waals surface area contributed by atoms with Crippen LogP contribution >= 0.6 is 0 Å². The second-order valence-corrected chi connectivity index (χ2v) is 20.0. The Morgan fingerprint density at radius 2 is 1.39 bits per heavy atom. The van der Waals surface area contributed by atoms with Crippen LogP contribution < -0.4 is 0 Å². The molecule has 57 heavy (non-hydrogen) atoms. The Balaban J connectivity index is 1.86. The van der Waals surface area contributed by atoms with Crippen molar-refractivity contribution in [2.45, 2.75) is 134 Å². The molecular formula is C39H54N4O13Si. The molecule has 2 aliphatic heterocycles. The van der Waals surface area contributed by atoms with Gasteiger partial charge in [0, 0.05) is 25.7 Å². The van der Waals surface area contributed by atoms with E-state index in [4.69, 9.17) is 52.5 Å². The number of hydrogen-bond donors (Lipinski definition) is 1. The number of nitrogens with zero attached hydrogens (tertiary/aromatic N) is 3. The van der Waals surface area contributed by atoms with Crippen molar-refractivity contribution >= 4 is 32.1 Å². The normalized spacial score (nSPS) is 27.7. The molecule has 2 aliphatic rings. The molecule has 0 radical (unpaired) electrons. The van der Waals surface area contributed by atoms with Crippen LogP contribution in [0.4, 0.5) is 0 Å². The molecule has 4 rings (SSSR count). The SMILES string of the molecule is COC(=O)C1O[C@H](OC(C)=N)C(OC(C)=O)[C@H](OCc2ccccc2)[C@H]1O[C@@H]1OC(COC(C)=O)[C@@H](O[Si](C)(C)C(C)(C)C)C(OCc2ccccc2)[C@@H]1N=[N+]=[N-]. The zero-order valence-corrected chi connectivity index (χ0v) is 34.8. The van der Waals surface area contributed by atoms with Crippen molar-refractivity contribution < 1.29 is 61.4 Å². The van der Waals surface area contributed by atoms with Gasteiger partial charge in [-0.3, -0.25) is 15.0 Å². The summed E-state index contributed by atoms with van der Waals surface area (Å²) in [5.41, 5.74) is 11.5. The second-order valence-electron chi connectivity index (χ2n) is 15.2. The summed E-state index contributed by atoms with van der Waals surface area (Å²) in [6, 6.07) is 17.1. The average Bonchev–Trinajstić information content (AvgIpc) is 3.15. The third-order valence-corrected chi connectivity index (χ3v) is 14.3. The monoisotopic (exact) mass is 814 g/mol. The van der Waals surface area contributed by atoms with Crippen LogP contribution in [0.3, 0.4) is 0 Å². The maximum Gasteiger partial charge on any atom is 0.338 e. The highest BCUT2D eigenvalue weighted by molar-refractivity contribution is 6.74. The van der Waals surface area contributed by atoms with Crippen LogP contribution in [0.1, 0.15) is 52.7 Å². The number of methoxy groups -OCH3 is 1. The molecule has 17 nitrogen and oxygen atoms in total. The zero-order chi connectivity index (χ0) is 41.9. The highest BCUT2D eigenvalue weighted by atomic mass is 28.4. The minimum Gasteiger partial charge on any atom is -0.467 e. The molecule has 0 aromatic heterocycles. The van der Waals surface area contributed by atoms with Gasteiger partial charge in [0.15, 0.2) is 32.7 Å². The fourth-order valence-electron chi connectivity index (χ4n) is 6.10. The van der Waals surface area contributed by atoms with Gasteiger partial charge in [-0.2, -0.15) is 0 Å². The molecule has 0 saturated carbocycles. The van der Waals surface area contributed by atoms with Crippen LogP contribution in [-0.2, 0) is 74.7 Å². The topological polar surface area (TPSA) is 216 Å². The summed E-state index contributed by atoms with van der Waals surface area (Å²) in [7, 11) is -1.50. The highest BCUT2D eigenvalue weighted by Gasteiger charge is 2.58. The van der Waals surface area contributed by atoms with Gasteiger partial charge in [-0.05, 0) is 34.8 Å². The van der Waals surface area contributed by atoms with E-state index in [0.717, 1.165) is 18.2 Å². The van der Waals surface area contributed by atoms with Crippen LogP contribution in [0.15, 0.2) is 65.8 Å². The number of esters is 3. The molecule has 0 aliphatic carbocycles. The summed E-state index contributed by atoms with van der Waals surface area (Å²) < 4.78 is 61.2. The second kappa shape index (κ2) is 20.3. The van der Waals surface area contributed by atoms with E-state index in [1.54, 1.807) is 0 Å². The Hall–Kier alpha value is -4.39. The Labute approximate surface area is 333 Å². The quantitative estimate of drug-likeness (QED) is 0.0313. The Morgan fingerprint density at radius 1 is 0.807 bits per heavy atom. The molecular weight excluding hydrogens is 761 g/mol. The van der Waals surface area contributed by atoms with Crippen molar-refractivity contribution in [1.82, 2.24) is 0 Å². The van der Waals surface area contributed by atoms with E-state index in [9.17, 15) is 19.9 Å². The molecule has 2 aromatic rings. The number of hydrogen-bond acceptors (Lipinski definition) is 15. The molecule has 2 fully saturated rings. The Kier molecular flexibility index (Phi) is 16.2. The largest absolute Gasteiger partial charge is 0.467 e. The molecule has 0 bridgehead atoms. The van der Waals surface area contributed by atoms with Crippen LogP contribution in [0.5, 0.6) is 0 Å². The maximum absolute atomic E-state index is 13.6. The summed E-state index contributed by atoms with van der Waals surface area (Å²) in [6.45, 7) is 13.7. The number of azide groups is 1. The van der Waals surface area contributed by atoms with E-state index in [1.807, 2.05) is 73.8 Å². The average molecular weight is 815 g/mol. The van der Waals surface area contributed by atoms with E-state index in [1.165, 1.54) is 20.8 Å². The van der Waals surface area contributed by atoms with Crippen LogP contribution in [0.2, 0.25) is 18.1 Å². The standard InChI is InChI=1S/C39H54N4O13Si/c1-23(40)51-38-35(52-25(3)45)32(50-21-27-18-14-11-15-19-27)33(34(55-38)36(46)47-7)54-37-29(42-43-41)31(49-20-26-16-12-10-13-17-26)30(28(53-37)22-48-24(2)44)56-57(8,9)39(4,5)6/h10-19,28-35,37-38,40H,20-22H2,1-9H3/t28?,29-,30+,31?,32+,33+,34?,35?,37-,38-/m0/s1. The summed E-state index contributed by atoms with van der Waals surface area (Å²) in [6.07, 6.45) is -12.0. The number of rotatable bonds is 16. The lowest BCUT2D eigenvalue weighted by atomic mass is 9.95. The zero-order valence-electron chi connectivity index (χ0n) is 33.8. The molecule has 1 N–H and O–H groups in total. The van der Waals surface area contributed by atoms with E-state index < -0.39 is 87.6 Å². The molecule has 2 heterocycles. The summed E-state index contributed by atoms with van der Waals surface area (Å²) >= 11 is 0.